The molecular formula is C18H16F6O6. The van der Waals surface area contributed by atoms with Crippen LogP contribution in [0.3, 0.4) is 0 Å². The zero-order valence-electron chi connectivity index (χ0n) is 15.6. The molecule has 12 heteroatoms. The molecule has 0 aliphatic carbocycles. The van der Waals surface area contributed by atoms with Gasteiger partial charge in [-0.15, -0.1) is 0 Å². The molecule has 4 rings (SSSR count). The molecule has 0 spiro atoms. The summed E-state index contributed by atoms with van der Waals surface area (Å²) in [5.74, 6) is -3.55. The maximum atomic E-state index is 13.7. The normalized spacial score (nSPS) is 36.8. The Morgan fingerprint density at radius 1 is 0.967 bits per heavy atom. The van der Waals surface area contributed by atoms with Crippen LogP contribution in [0.5, 0.6) is 0 Å². The average molecular weight is 442 g/mol. The summed E-state index contributed by atoms with van der Waals surface area (Å²) in [6, 6.07) is 0. The van der Waals surface area contributed by atoms with Crippen molar-refractivity contribution in [3.63, 3.8) is 0 Å². The van der Waals surface area contributed by atoms with Crippen LogP contribution in [0.1, 0.15) is 13.8 Å². The van der Waals surface area contributed by atoms with Gasteiger partial charge < -0.3 is 18.9 Å². The zero-order valence-corrected chi connectivity index (χ0v) is 15.6. The van der Waals surface area contributed by atoms with E-state index < -0.39 is 71.2 Å². The molecule has 0 aromatic rings. The highest BCUT2D eigenvalue weighted by molar-refractivity contribution is 5.93. The van der Waals surface area contributed by atoms with E-state index in [1.807, 2.05) is 0 Å². The van der Waals surface area contributed by atoms with Crippen molar-refractivity contribution in [1.82, 2.24) is 0 Å². The van der Waals surface area contributed by atoms with E-state index in [2.05, 4.69) is 0 Å². The van der Waals surface area contributed by atoms with E-state index in [1.54, 1.807) is 0 Å². The van der Waals surface area contributed by atoms with E-state index in [1.165, 1.54) is 13.8 Å². The second-order valence-corrected chi connectivity index (χ2v) is 7.26. The van der Waals surface area contributed by atoms with Gasteiger partial charge in [0.2, 0.25) is 0 Å². The van der Waals surface area contributed by atoms with Gasteiger partial charge in [-0.3, -0.25) is 4.79 Å². The fraction of sp³-hybridized carbons (Fsp3) is 0.667. The van der Waals surface area contributed by atoms with E-state index in [-0.39, 0.29) is 18.8 Å². The number of hydrogen-bond acceptors (Lipinski definition) is 6. The lowest BCUT2D eigenvalue weighted by atomic mass is 9.58. The highest BCUT2D eigenvalue weighted by atomic mass is 19.4. The van der Waals surface area contributed by atoms with E-state index in [0.717, 1.165) is 6.08 Å². The molecule has 0 unspecified atom stereocenters. The number of alkyl halides is 6. The van der Waals surface area contributed by atoms with Crippen LogP contribution in [-0.2, 0) is 28.5 Å². The highest BCUT2D eigenvalue weighted by Crippen LogP contribution is 2.69. The largest absolute Gasteiger partial charge is 0.465 e. The predicted octanol–water partition coefficient (Wildman–Crippen LogP) is 2.62. The monoisotopic (exact) mass is 442 g/mol. The van der Waals surface area contributed by atoms with E-state index in [4.69, 9.17) is 18.9 Å². The van der Waals surface area contributed by atoms with Crippen LogP contribution in [0.25, 0.3) is 0 Å². The first kappa shape index (κ1) is 21.2. The molecule has 0 N–H and O–H groups in total. The minimum atomic E-state index is -5.40. The predicted molar refractivity (Wildman–Crippen MR) is 83.7 cm³/mol. The lowest BCUT2D eigenvalue weighted by Crippen LogP contribution is -2.57. The van der Waals surface area contributed by atoms with Gasteiger partial charge in [-0.2, -0.15) is 26.3 Å². The summed E-state index contributed by atoms with van der Waals surface area (Å²) in [6.45, 7) is 2.67. The van der Waals surface area contributed by atoms with Crippen molar-refractivity contribution in [2.45, 2.75) is 50.6 Å². The Hall–Kier alpha value is -2.08. The molecule has 4 bridgehead atoms. The number of carbonyl (C=O) groups excluding carboxylic acids is 2. The minimum Gasteiger partial charge on any atom is -0.465 e. The molecule has 2 fully saturated rings. The molecule has 30 heavy (non-hydrogen) atoms. The molecule has 6 atom stereocenters. The summed E-state index contributed by atoms with van der Waals surface area (Å²) >= 11 is 0. The fourth-order valence-electron chi connectivity index (χ4n) is 5.05. The van der Waals surface area contributed by atoms with Crippen molar-refractivity contribution >= 4 is 11.9 Å². The first-order valence-electron chi connectivity index (χ1n) is 9.16. The van der Waals surface area contributed by atoms with Crippen molar-refractivity contribution in [2.75, 3.05) is 13.2 Å². The number of ether oxygens (including phenoxy) is 4. The Balaban J connectivity index is 1.90. The van der Waals surface area contributed by atoms with Gasteiger partial charge in [-0.25, -0.2) is 4.79 Å². The van der Waals surface area contributed by atoms with Crippen LogP contribution in [0.4, 0.5) is 26.3 Å². The number of hydrogen-bond donors (Lipinski definition) is 0. The van der Waals surface area contributed by atoms with Gasteiger partial charge in [0.15, 0.2) is 0 Å². The number of esters is 2. The lowest BCUT2D eigenvalue weighted by Gasteiger charge is -2.40. The maximum Gasteiger partial charge on any atom is 0.415 e. The summed E-state index contributed by atoms with van der Waals surface area (Å²) in [4.78, 5) is 25.1. The number of rotatable bonds is 4. The van der Waals surface area contributed by atoms with Crippen LogP contribution in [0, 0.1) is 11.3 Å². The van der Waals surface area contributed by atoms with Gasteiger partial charge in [-0.1, -0.05) is 0 Å². The molecule has 0 amide bonds. The van der Waals surface area contributed by atoms with Crippen molar-refractivity contribution in [1.29, 1.82) is 0 Å². The number of carbonyl (C=O) groups is 2. The third-order valence-corrected chi connectivity index (χ3v) is 5.91. The summed E-state index contributed by atoms with van der Waals surface area (Å²) in [5, 5.41) is 0. The molecule has 4 heterocycles. The Morgan fingerprint density at radius 3 is 2.10 bits per heavy atom. The van der Waals surface area contributed by atoms with Gasteiger partial charge in [0, 0.05) is 5.92 Å². The Labute approximate surface area is 165 Å². The van der Waals surface area contributed by atoms with Crippen LogP contribution < -0.4 is 0 Å². The molecule has 0 saturated carbocycles. The average Bonchev–Trinajstić information content (AvgIpc) is 3.35. The van der Waals surface area contributed by atoms with Gasteiger partial charge in [0.05, 0.1) is 48.2 Å². The zero-order chi connectivity index (χ0) is 22.2. The van der Waals surface area contributed by atoms with E-state index in [0.29, 0.717) is 0 Å². The molecule has 0 radical (unpaired) electrons. The topological polar surface area (TPSA) is 71.1 Å². The standard InChI is InChI=1S/C18H16F6O6/c1-3-27-14(25)6-5-7-16(15(26)28-4-2)10(11(6)29-7)12-8(17(19,20)21)9(13(16)30-12)18(22,23)24/h5,7,10-13H,3-4H2,1-2H3/t7-,10+,11+,12+,13-,16-/m0/s1. The third kappa shape index (κ3) is 2.52. The molecule has 2 saturated heterocycles. The summed E-state index contributed by atoms with van der Waals surface area (Å²) in [5.41, 5.74) is -6.17. The number of halogens is 6. The summed E-state index contributed by atoms with van der Waals surface area (Å²) in [6.07, 6.45) is -16.8. The quantitative estimate of drug-likeness (QED) is 0.379. The minimum absolute atomic E-state index is 0.0320. The fourth-order valence-corrected chi connectivity index (χ4v) is 5.05. The Kier molecular flexibility index (Phi) is 4.56. The SMILES string of the molecule is CCOC(=O)C1=C[C@@H]2O[C@H]1[C@@H]1[C@@H]3O[C@@H](C(C(F)(F)F)=C3C(F)(F)F)[C@@]12C(=O)OCC. The van der Waals surface area contributed by atoms with Crippen molar-refractivity contribution in [2.24, 2.45) is 11.3 Å². The van der Waals surface area contributed by atoms with Gasteiger partial charge in [-0.05, 0) is 19.9 Å². The molecule has 4 aliphatic heterocycles. The molecular weight excluding hydrogens is 426 g/mol. The van der Waals surface area contributed by atoms with Gasteiger partial charge in [0.1, 0.15) is 11.5 Å². The lowest BCUT2D eigenvalue weighted by molar-refractivity contribution is -0.166. The molecule has 6 nitrogen and oxygen atoms in total. The smallest absolute Gasteiger partial charge is 0.415 e. The van der Waals surface area contributed by atoms with Crippen LogP contribution in [-0.4, -0.2) is 61.9 Å². The first-order chi connectivity index (χ1) is 13.9. The first-order valence-corrected chi connectivity index (χ1v) is 9.16. The van der Waals surface area contributed by atoms with Crippen LogP contribution in [0.15, 0.2) is 22.8 Å². The Morgan fingerprint density at radius 2 is 1.57 bits per heavy atom. The number of fused-ring (bicyclic) bond motifs is 9. The van der Waals surface area contributed by atoms with Crippen LogP contribution in [0.2, 0.25) is 0 Å². The van der Waals surface area contributed by atoms with Crippen molar-refractivity contribution in [3.05, 3.63) is 22.8 Å². The maximum absolute atomic E-state index is 13.7. The molecule has 0 aromatic carbocycles. The second-order valence-electron chi connectivity index (χ2n) is 7.26. The van der Waals surface area contributed by atoms with E-state index >= 15 is 0 Å². The van der Waals surface area contributed by atoms with Gasteiger partial charge >= 0.3 is 24.3 Å². The Bertz CT molecular complexity index is 858. The van der Waals surface area contributed by atoms with Crippen molar-refractivity contribution < 1.29 is 54.9 Å². The molecule has 166 valence electrons. The second kappa shape index (κ2) is 6.46. The summed E-state index contributed by atoms with van der Waals surface area (Å²) in [7, 11) is 0. The van der Waals surface area contributed by atoms with Crippen LogP contribution >= 0.6 is 0 Å². The molecule has 4 aliphatic rings. The summed E-state index contributed by atoms with van der Waals surface area (Å²) < 4.78 is 103. The van der Waals surface area contributed by atoms with E-state index in [9.17, 15) is 35.9 Å². The van der Waals surface area contributed by atoms with Crippen molar-refractivity contribution in [3.8, 4) is 0 Å². The van der Waals surface area contributed by atoms with Gasteiger partial charge in [0.25, 0.3) is 0 Å². The third-order valence-electron chi connectivity index (χ3n) is 5.91. The highest BCUT2D eigenvalue weighted by Gasteiger charge is 2.82. The molecule has 0 aromatic heterocycles.